The van der Waals surface area contributed by atoms with Crippen LogP contribution >= 0.6 is 11.6 Å². The maximum absolute atomic E-state index is 12.2. The van der Waals surface area contributed by atoms with Gasteiger partial charge in [-0.3, -0.25) is 9.59 Å². The van der Waals surface area contributed by atoms with Gasteiger partial charge in [-0.1, -0.05) is 23.7 Å². The number of ether oxygens (including phenoxy) is 1. The average molecular weight is 360 g/mol. The number of pyridine rings is 1. The quantitative estimate of drug-likeness (QED) is 0.909. The van der Waals surface area contributed by atoms with Crippen LogP contribution in [0.5, 0.6) is 0 Å². The van der Waals surface area contributed by atoms with E-state index in [-0.39, 0.29) is 17.5 Å². The van der Waals surface area contributed by atoms with Crippen LogP contribution in [0.4, 0.5) is 5.69 Å². The molecule has 1 fully saturated rings. The zero-order valence-electron chi connectivity index (χ0n) is 13.6. The van der Waals surface area contributed by atoms with E-state index in [1.165, 1.54) is 6.20 Å². The van der Waals surface area contributed by atoms with Crippen molar-refractivity contribution in [3.8, 4) is 0 Å². The van der Waals surface area contributed by atoms with Crippen LogP contribution in [-0.4, -0.2) is 48.0 Å². The number of nitrogens with zero attached hydrogens (tertiary/aromatic N) is 2. The number of halogens is 1. The first kappa shape index (κ1) is 17.4. The maximum Gasteiger partial charge on any atom is 0.274 e. The Morgan fingerprint density at radius 2 is 1.84 bits per heavy atom. The number of amides is 2. The highest BCUT2D eigenvalue weighted by atomic mass is 35.5. The van der Waals surface area contributed by atoms with Gasteiger partial charge in [0.2, 0.25) is 5.91 Å². The number of nitrogens with one attached hydrogen (secondary N) is 1. The molecule has 0 radical (unpaired) electrons. The third-order valence-electron chi connectivity index (χ3n) is 3.89. The summed E-state index contributed by atoms with van der Waals surface area (Å²) in [4.78, 5) is 30.1. The van der Waals surface area contributed by atoms with E-state index in [0.717, 1.165) is 5.56 Å². The summed E-state index contributed by atoms with van der Waals surface area (Å²) >= 11 is 5.76. The van der Waals surface area contributed by atoms with Crippen LogP contribution in [0.15, 0.2) is 42.6 Å². The van der Waals surface area contributed by atoms with Crippen LogP contribution in [0.1, 0.15) is 16.1 Å². The molecule has 0 spiro atoms. The largest absolute Gasteiger partial charge is 0.378 e. The smallest absolute Gasteiger partial charge is 0.274 e. The summed E-state index contributed by atoms with van der Waals surface area (Å²) in [6.07, 6.45) is 1.77. The lowest BCUT2D eigenvalue weighted by molar-refractivity contribution is -0.134. The number of rotatable bonds is 4. The Balaban J connectivity index is 1.57. The molecular weight excluding hydrogens is 342 g/mol. The first-order valence-corrected chi connectivity index (χ1v) is 8.37. The fourth-order valence-corrected chi connectivity index (χ4v) is 2.62. The molecule has 1 aliphatic rings. The van der Waals surface area contributed by atoms with Crippen molar-refractivity contribution >= 4 is 29.1 Å². The van der Waals surface area contributed by atoms with Crippen molar-refractivity contribution in [1.29, 1.82) is 0 Å². The van der Waals surface area contributed by atoms with E-state index >= 15 is 0 Å². The molecule has 1 aliphatic heterocycles. The first-order valence-electron chi connectivity index (χ1n) is 7.99. The van der Waals surface area contributed by atoms with E-state index in [2.05, 4.69) is 10.3 Å². The summed E-state index contributed by atoms with van der Waals surface area (Å²) in [5.74, 6) is -0.223. The zero-order valence-corrected chi connectivity index (χ0v) is 14.3. The lowest BCUT2D eigenvalue weighted by Crippen LogP contribution is -2.41. The Hall–Kier alpha value is -2.44. The molecule has 1 aromatic carbocycles. The molecule has 0 saturated carbocycles. The summed E-state index contributed by atoms with van der Waals surface area (Å²) in [7, 11) is 0. The van der Waals surface area contributed by atoms with Crippen LogP contribution in [-0.2, 0) is 16.0 Å². The maximum atomic E-state index is 12.2. The third kappa shape index (κ3) is 4.78. The molecule has 2 aromatic rings. The lowest BCUT2D eigenvalue weighted by atomic mass is 10.1. The second-order valence-corrected chi connectivity index (χ2v) is 6.12. The van der Waals surface area contributed by atoms with Crippen LogP contribution in [0.2, 0.25) is 5.02 Å². The summed E-state index contributed by atoms with van der Waals surface area (Å²) in [5, 5.41) is 3.24. The highest BCUT2D eigenvalue weighted by Crippen LogP contribution is 2.13. The van der Waals surface area contributed by atoms with Crippen molar-refractivity contribution < 1.29 is 14.3 Å². The Labute approximate surface area is 150 Å². The van der Waals surface area contributed by atoms with Gasteiger partial charge in [0.05, 0.1) is 24.7 Å². The topological polar surface area (TPSA) is 71.5 Å². The van der Waals surface area contributed by atoms with Crippen molar-refractivity contribution in [3.05, 3.63) is 58.9 Å². The molecule has 1 saturated heterocycles. The molecular formula is C18H18ClN3O3. The second kappa shape index (κ2) is 8.09. The van der Waals surface area contributed by atoms with Gasteiger partial charge >= 0.3 is 0 Å². The Bertz CT molecular complexity index is 741. The summed E-state index contributed by atoms with van der Waals surface area (Å²) in [5.41, 5.74) is 1.83. The normalized spacial score (nSPS) is 14.2. The van der Waals surface area contributed by atoms with Gasteiger partial charge in [0, 0.05) is 25.0 Å². The second-order valence-electron chi connectivity index (χ2n) is 5.68. The molecule has 1 aromatic heterocycles. The SMILES string of the molecule is O=C(Nc1ccc(CC(=O)N2CCOCC2)cc1)c1ccc(Cl)cn1. The number of hydrogen-bond acceptors (Lipinski definition) is 4. The van der Waals surface area contributed by atoms with E-state index in [4.69, 9.17) is 16.3 Å². The minimum Gasteiger partial charge on any atom is -0.378 e. The predicted octanol–water partition coefficient (Wildman–Crippen LogP) is 2.39. The summed E-state index contributed by atoms with van der Waals surface area (Å²) in [6.45, 7) is 2.47. The standard InChI is InChI=1S/C18H18ClN3O3/c19-14-3-6-16(20-12-14)18(24)21-15-4-1-13(2-5-15)11-17(23)22-7-9-25-10-8-22/h1-6,12H,7-11H2,(H,21,24). The van der Waals surface area contributed by atoms with Gasteiger partial charge in [0.15, 0.2) is 0 Å². The first-order chi connectivity index (χ1) is 12.1. The van der Waals surface area contributed by atoms with E-state index in [1.54, 1.807) is 24.3 Å². The number of carbonyl (C=O) groups is 2. The van der Waals surface area contributed by atoms with E-state index in [0.29, 0.717) is 43.4 Å². The van der Waals surface area contributed by atoms with Crippen molar-refractivity contribution in [2.24, 2.45) is 0 Å². The summed E-state index contributed by atoms with van der Waals surface area (Å²) in [6, 6.07) is 10.4. The molecule has 2 amide bonds. The predicted molar refractivity (Wildman–Crippen MR) is 94.7 cm³/mol. The van der Waals surface area contributed by atoms with Crippen LogP contribution in [0, 0.1) is 0 Å². The minimum absolute atomic E-state index is 0.0884. The number of hydrogen-bond donors (Lipinski definition) is 1. The molecule has 0 aliphatic carbocycles. The van der Waals surface area contributed by atoms with Gasteiger partial charge in [0.1, 0.15) is 5.69 Å². The van der Waals surface area contributed by atoms with E-state index in [9.17, 15) is 9.59 Å². The summed E-state index contributed by atoms with van der Waals surface area (Å²) < 4.78 is 5.25. The monoisotopic (exact) mass is 359 g/mol. The Kier molecular flexibility index (Phi) is 5.63. The molecule has 0 unspecified atom stereocenters. The molecule has 0 bridgehead atoms. The highest BCUT2D eigenvalue weighted by Gasteiger charge is 2.17. The lowest BCUT2D eigenvalue weighted by Gasteiger charge is -2.26. The fourth-order valence-electron chi connectivity index (χ4n) is 2.51. The van der Waals surface area contributed by atoms with Gasteiger partial charge < -0.3 is 15.0 Å². The zero-order chi connectivity index (χ0) is 17.6. The van der Waals surface area contributed by atoms with Gasteiger partial charge in [-0.15, -0.1) is 0 Å². The number of morpholine rings is 1. The number of carbonyl (C=O) groups excluding carboxylic acids is 2. The minimum atomic E-state index is -0.311. The van der Waals surface area contributed by atoms with Crippen molar-refractivity contribution in [1.82, 2.24) is 9.88 Å². The molecule has 1 N–H and O–H groups in total. The van der Waals surface area contributed by atoms with Gasteiger partial charge in [0.25, 0.3) is 5.91 Å². The van der Waals surface area contributed by atoms with Gasteiger partial charge in [-0.05, 0) is 29.8 Å². The molecule has 2 heterocycles. The molecule has 7 heteroatoms. The number of anilines is 1. The Morgan fingerprint density at radius 1 is 1.12 bits per heavy atom. The van der Waals surface area contributed by atoms with E-state index < -0.39 is 0 Å². The molecule has 6 nitrogen and oxygen atoms in total. The van der Waals surface area contributed by atoms with Crippen LogP contribution < -0.4 is 5.32 Å². The third-order valence-corrected chi connectivity index (χ3v) is 4.11. The van der Waals surface area contributed by atoms with Crippen molar-refractivity contribution in [2.45, 2.75) is 6.42 Å². The Morgan fingerprint density at radius 3 is 2.48 bits per heavy atom. The average Bonchev–Trinajstić information content (AvgIpc) is 2.64. The van der Waals surface area contributed by atoms with Crippen molar-refractivity contribution in [3.63, 3.8) is 0 Å². The molecule has 25 heavy (non-hydrogen) atoms. The number of benzene rings is 1. The number of aromatic nitrogens is 1. The van der Waals surface area contributed by atoms with Gasteiger partial charge in [-0.25, -0.2) is 4.98 Å². The van der Waals surface area contributed by atoms with Crippen molar-refractivity contribution in [2.75, 3.05) is 31.6 Å². The molecule has 130 valence electrons. The molecule has 3 rings (SSSR count). The fraction of sp³-hybridized carbons (Fsp3) is 0.278. The highest BCUT2D eigenvalue weighted by molar-refractivity contribution is 6.30. The van der Waals surface area contributed by atoms with E-state index in [1.807, 2.05) is 17.0 Å². The van der Waals surface area contributed by atoms with Crippen LogP contribution in [0.25, 0.3) is 0 Å². The van der Waals surface area contributed by atoms with Crippen LogP contribution in [0.3, 0.4) is 0 Å². The molecule has 0 atom stereocenters. The van der Waals surface area contributed by atoms with Gasteiger partial charge in [-0.2, -0.15) is 0 Å².